The van der Waals surface area contributed by atoms with Gasteiger partial charge in [-0.1, -0.05) is 6.07 Å². The number of rotatable bonds is 5. The van der Waals surface area contributed by atoms with Gasteiger partial charge in [0.1, 0.15) is 17.1 Å². The van der Waals surface area contributed by atoms with Crippen LogP contribution < -0.4 is 10.1 Å². The number of pyridine rings is 2. The fourth-order valence-electron chi connectivity index (χ4n) is 3.48. The summed E-state index contributed by atoms with van der Waals surface area (Å²) >= 11 is 2.15. The third-order valence-corrected chi connectivity index (χ3v) is 5.79. The molecule has 1 aliphatic heterocycles. The molecule has 2 aromatic heterocycles. The van der Waals surface area contributed by atoms with E-state index in [4.69, 9.17) is 4.74 Å². The van der Waals surface area contributed by atoms with E-state index in [2.05, 4.69) is 37.9 Å². The SMILES string of the molecule is O=C(NC1CCN(C(=O)c2ccncc2)CC1)c1cc(F)cnc1Oc1cccc(I)c1. The van der Waals surface area contributed by atoms with E-state index >= 15 is 0 Å². The van der Waals surface area contributed by atoms with Crippen molar-refractivity contribution in [3.8, 4) is 11.6 Å². The first-order valence-corrected chi connectivity index (χ1v) is 11.2. The Hall–Kier alpha value is -3.08. The molecule has 0 unspecified atom stereocenters. The van der Waals surface area contributed by atoms with Gasteiger partial charge in [0.15, 0.2) is 0 Å². The van der Waals surface area contributed by atoms with Gasteiger partial charge >= 0.3 is 0 Å². The summed E-state index contributed by atoms with van der Waals surface area (Å²) in [5, 5.41) is 2.92. The van der Waals surface area contributed by atoms with Gasteiger partial charge in [0.25, 0.3) is 11.8 Å². The number of hydrogen-bond donors (Lipinski definition) is 1. The van der Waals surface area contributed by atoms with Crippen molar-refractivity contribution in [2.75, 3.05) is 13.1 Å². The number of nitrogens with one attached hydrogen (secondary N) is 1. The third kappa shape index (κ3) is 5.39. The summed E-state index contributed by atoms with van der Waals surface area (Å²) in [6.45, 7) is 1.03. The van der Waals surface area contributed by atoms with Crippen molar-refractivity contribution >= 4 is 34.4 Å². The zero-order valence-electron chi connectivity index (χ0n) is 17.0. The highest BCUT2D eigenvalue weighted by Crippen LogP contribution is 2.25. The molecular weight excluding hydrogens is 526 g/mol. The monoisotopic (exact) mass is 546 g/mol. The van der Waals surface area contributed by atoms with Gasteiger partial charge in [-0.3, -0.25) is 14.6 Å². The lowest BCUT2D eigenvalue weighted by molar-refractivity contribution is 0.0697. The first-order valence-electron chi connectivity index (χ1n) is 10.1. The van der Waals surface area contributed by atoms with Gasteiger partial charge in [-0.05, 0) is 71.8 Å². The molecule has 4 rings (SSSR count). The quantitative estimate of drug-likeness (QED) is 0.489. The van der Waals surface area contributed by atoms with E-state index < -0.39 is 11.7 Å². The van der Waals surface area contributed by atoms with E-state index in [0.29, 0.717) is 37.2 Å². The van der Waals surface area contributed by atoms with Crippen molar-refractivity contribution in [1.82, 2.24) is 20.2 Å². The first-order chi connectivity index (χ1) is 15.5. The van der Waals surface area contributed by atoms with Crippen LogP contribution in [0.1, 0.15) is 33.6 Å². The highest BCUT2D eigenvalue weighted by Gasteiger charge is 2.26. The highest BCUT2D eigenvalue weighted by atomic mass is 127. The van der Waals surface area contributed by atoms with Crippen molar-refractivity contribution in [3.05, 3.63) is 81.6 Å². The van der Waals surface area contributed by atoms with Gasteiger partial charge in [0.05, 0.1) is 6.20 Å². The second-order valence-electron chi connectivity index (χ2n) is 7.34. The Morgan fingerprint density at radius 2 is 1.88 bits per heavy atom. The molecule has 0 bridgehead atoms. The molecule has 3 aromatic rings. The maximum atomic E-state index is 13.8. The second kappa shape index (κ2) is 10.0. The standard InChI is InChI=1S/C23H20FIN4O3/c24-16-12-20(22(27-14-16)32-19-3-1-2-17(25)13-19)21(30)28-18-6-10-29(11-7-18)23(31)15-4-8-26-9-5-15/h1-5,8-9,12-14,18H,6-7,10-11H2,(H,28,30). The van der Waals surface area contributed by atoms with Crippen LogP contribution in [0.25, 0.3) is 0 Å². The minimum atomic E-state index is -0.622. The van der Waals surface area contributed by atoms with E-state index in [-0.39, 0.29) is 23.4 Å². The van der Waals surface area contributed by atoms with Crippen LogP contribution in [0.15, 0.2) is 61.1 Å². The number of aromatic nitrogens is 2. The highest BCUT2D eigenvalue weighted by molar-refractivity contribution is 14.1. The minimum absolute atomic E-state index is 0.0270. The van der Waals surface area contributed by atoms with Gasteiger partial charge in [0, 0.05) is 40.7 Å². The Morgan fingerprint density at radius 1 is 1.12 bits per heavy atom. The number of halogens is 2. The van der Waals surface area contributed by atoms with Crippen LogP contribution >= 0.6 is 22.6 Å². The Morgan fingerprint density at radius 3 is 2.59 bits per heavy atom. The van der Waals surface area contributed by atoms with E-state index in [1.807, 2.05) is 12.1 Å². The average molecular weight is 546 g/mol. The summed E-state index contributed by atoms with van der Waals surface area (Å²) in [4.78, 5) is 35.1. The lowest BCUT2D eigenvalue weighted by Gasteiger charge is -2.32. The lowest BCUT2D eigenvalue weighted by Crippen LogP contribution is -2.46. The van der Waals surface area contributed by atoms with Crippen LogP contribution in [0.3, 0.4) is 0 Å². The van der Waals surface area contributed by atoms with Gasteiger partial charge in [0.2, 0.25) is 5.88 Å². The molecule has 1 aliphatic rings. The van der Waals surface area contributed by atoms with E-state index in [0.717, 1.165) is 15.8 Å². The zero-order chi connectivity index (χ0) is 22.5. The van der Waals surface area contributed by atoms with Crippen LogP contribution in [-0.4, -0.2) is 45.8 Å². The van der Waals surface area contributed by atoms with Crippen molar-refractivity contribution in [1.29, 1.82) is 0 Å². The normalized spacial score (nSPS) is 14.1. The maximum Gasteiger partial charge on any atom is 0.257 e. The molecule has 3 heterocycles. The molecule has 7 nitrogen and oxygen atoms in total. The third-order valence-electron chi connectivity index (χ3n) is 5.12. The summed E-state index contributed by atoms with van der Waals surface area (Å²) in [5.41, 5.74) is 0.616. The molecule has 1 aromatic carbocycles. The fourth-order valence-corrected chi connectivity index (χ4v) is 3.99. The fraction of sp³-hybridized carbons (Fsp3) is 0.217. The number of ether oxygens (including phenoxy) is 1. The number of nitrogens with zero attached hydrogens (tertiary/aromatic N) is 3. The summed E-state index contributed by atoms with van der Waals surface area (Å²) in [6, 6.07) is 11.6. The largest absolute Gasteiger partial charge is 0.438 e. The number of carbonyl (C=O) groups excluding carboxylic acids is 2. The van der Waals surface area contributed by atoms with Crippen LogP contribution in [0, 0.1) is 9.39 Å². The van der Waals surface area contributed by atoms with Crippen molar-refractivity contribution < 1.29 is 18.7 Å². The molecule has 0 saturated carbocycles. The molecule has 0 radical (unpaired) electrons. The van der Waals surface area contributed by atoms with E-state index in [1.165, 1.54) is 0 Å². The van der Waals surface area contributed by atoms with Crippen molar-refractivity contribution in [2.24, 2.45) is 0 Å². The van der Waals surface area contributed by atoms with Crippen LogP contribution in [0.4, 0.5) is 4.39 Å². The van der Waals surface area contributed by atoms with Crippen LogP contribution in [-0.2, 0) is 0 Å². The average Bonchev–Trinajstić information content (AvgIpc) is 2.81. The number of piperidine rings is 1. The summed E-state index contributed by atoms with van der Waals surface area (Å²) in [6.07, 6.45) is 5.38. The topological polar surface area (TPSA) is 84.4 Å². The van der Waals surface area contributed by atoms with Gasteiger partial charge in [-0.15, -0.1) is 0 Å². The molecule has 1 N–H and O–H groups in total. The second-order valence-corrected chi connectivity index (χ2v) is 8.59. The smallest absolute Gasteiger partial charge is 0.257 e. The number of likely N-dealkylation sites (tertiary alicyclic amines) is 1. The predicted octanol–water partition coefficient (Wildman–Crippen LogP) is 4.05. The molecule has 164 valence electrons. The Labute approximate surface area is 198 Å². The molecule has 9 heteroatoms. The first kappa shape index (κ1) is 22.1. The summed E-state index contributed by atoms with van der Waals surface area (Å²) in [7, 11) is 0. The Balaban J connectivity index is 1.40. The molecule has 1 fully saturated rings. The lowest BCUT2D eigenvalue weighted by atomic mass is 10.0. The molecule has 32 heavy (non-hydrogen) atoms. The maximum absolute atomic E-state index is 13.8. The van der Waals surface area contributed by atoms with Gasteiger partial charge in [-0.25, -0.2) is 9.37 Å². The Bertz CT molecular complexity index is 1120. The number of amides is 2. The number of benzene rings is 1. The molecule has 0 aliphatic carbocycles. The van der Waals surface area contributed by atoms with Crippen LogP contribution in [0.2, 0.25) is 0 Å². The van der Waals surface area contributed by atoms with Crippen molar-refractivity contribution in [2.45, 2.75) is 18.9 Å². The molecule has 2 amide bonds. The van der Waals surface area contributed by atoms with Gasteiger partial charge < -0.3 is 15.0 Å². The molecule has 0 spiro atoms. The van der Waals surface area contributed by atoms with E-state index in [1.54, 1.807) is 41.6 Å². The van der Waals surface area contributed by atoms with Gasteiger partial charge in [-0.2, -0.15) is 0 Å². The van der Waals surface area contributed by atoms with E-state index in [9.17, 15) is 14.0 Å². The Kier molecular flexibility index (Phi) is 6.93. The number of carbonyl (C=O) groups is 2. The minimum Gasteiger partial charge on any atom is -0.438 e. The van der Waals surface area contributed by atoms with Crippen molar-refractivity contribution in [3.63, 3.8) is 0 Å². The molecule has 1 saturated heterocycles. The zero-order valence-corrected chi connectivity index (χ0v) is 19.2. The van der Waals surface area contributed by atoms with Crippen LogP contribution in [0.5, 0.6) is 11.6 Å². The summed E-state index contributed by atoms with van der Waals surface area (Å²) in [5.74, 6) is -0.594. The summed E-state index contributed by atoms with van der Waals surface area (Å²) < 4.78 is 20.6. The predicted molar refractivity (Wildman–Crippen MR) is 124 cm³/mol. The molecule has 0 atom stereocenters. The number of hydrogen-bond acceptors (Lipinski definition) is 5. The molecular formula is C23H20FIN4O3.